The van der Waals surface area contributed by atoms with Gasteiger partial charge in [-0.1, -0.05) is 13.8 Å². The smallest absolute Gasteiger partial charge is 0.310 e. The normalized spacial score (nSPS) is 48.7. The molecule has 0 amide bonds. The van der Waals surface area contributed by atoms with Crippen LogP contribution in [0.1, 0.15) is 65.7 Å². The molecule has 3 fully saturated rings. The van der Waals surface area contributed by atoms with Gasteiger partial charge in [-0.15, -0.1) is 0 Å². The Hall–Kier alpha value is -1.12. The highest BCUT2D eigenvalue weighted by Crippen LogP contribution is 2.65. The summed E-state index contributed by atoms with van der Waals surface area (Å²) in [6, 6.07) is 0. The Morgan fingerprint density at radius 3 is 2.70 bits per heavy atom. The summed E-state index contributed by atoms with van der Waals surface area (Å²) < 4.78 is 5.61. The van der Waals surface area contributed by atoms with E-state index in [2.05, 4.69) is 19.9 Å². The molecule has 126 valence electrons. The molecule has 2 saturated carbocycles. The first-order chi connectivity index (χ1) is 10.9. The van der Waals surface area contributed by atoms with Crippen molar-refractivity contribution < 1.29 is 14.3 Å². The second-order valence-electron chi connectivity index (χ2n) is 8.86. The van der Waals surface area contributed by atoms with Crippen LogP contribution in [0.4, 0.5) is 0 Å². The van der Waals surface area contributed by atoms with Crippen molar-refractivity contribution in [1.29, 1.82) is 0 Å². The van der Waals surface area contributed by atoms with Crippen molar-refractivity contribution >= 4 is 11.8 Å². The summed E-state index contributed by atoms with van der Waals surface area (Å²) >= 11 is 0. The minimum atomic E-state index is -0.0645. The summed E-state index contributed by atoms with van der Waals surface area (Å²) in [7, 11) is 0. The van der Waals surface area contributed by atoms with Gasteiger partial charge in [0.1, 0.15) is 11.5 Å². The van der Waals surface area contributed by atoms with Crippen LogP contribution in [-0.2, 0) is 14.3 Å². The summed E-state index contributed by atoms with van der Waals surface area (Å²) in [5, 5.41) is 0. The van der Waals surface area contributed by atoms with Gasteiger partial charge in [0.05, 0.1) is 0 Å². The highest BCUT2D eigenvalue weighted by atomic mass is 16.5. The largest absolute Gasteiger partial charge is 0.431 e. The molecule has 3 nitrogen and oxygen atoms in total. The third kappa shape index (κ3) is 2.01. The van der Waals surface area contributed by atoms with Gasteiger partial charge < -0.3 is 4.74 Å². The zero-order valence-corrected chi connectivity index (χ0v) is 14.6. The zero-order valence-electron chi connectivity index (χ0n) is 14.6. The molecule has 0 radical (unpaired) electrons. The van der Waals surface area contributed by atoms with Crippen LogP contribution in [0.15, 0.2) is 11.8 Å². The van der Waals surface area contributed by atoms with Gasteiger partial charge in [0.2, 0.25) is 0 Å². The maximum atomic E-state index is 12.1. The molecule has 4 rings (SSSR count). The van der Waals surface area contributed by atoms with Crippen molar-refractivity contribution in [2.24, 2.45) is 34.5 Å². The van der Waals surface area contributed by atoms with E-state index in [9.17, 15) is 9.59 Å². The second kappa shape index (κ2) is 4.94. The van der Waals surface area contributed by atoms with Gasteiger partial charge in [-0.2, -0.15) is 0 Å². The number of fused-ring (bicyclic) bond motifs is 5. The van der Waals surface area contributed by atoms with E-state index in [1.54, 1.807) is 6.92 Å². The molecule has 4 aliphatic rings. The van der Waals surface area contributed by atoms with Crippen LogP contribution in [0.3, 0.4) is 0 Å². The van der Waals surface area contributed by atoms with E-state index in [0.29, 0.717) is 30.0 Å². The molecule has 0 aromatic rings. The molecule has 0 N–H and O–H groups in total. The molecule has 0 aromatic heterocycles. The SMILES string of the molecule is CC(=O)[C@@H]1CC[C@@H]2[C@@H]3CC=C4OC(=O)CC[C@]4(C)[C@@H]3CC[C@]21C. The molecule has 0 bridgehead atoms. The Labute approximate surface area is 138 Å². The van der Waals surface area contributed by atoms with E-state index in [-0.39, 0.29) is 22.7 Å². The molecule has 3 aliphatic carbocycles. The molecule has 1 heterocycles. The van der Waals surface area contributed by atoms with E-state index in [1.165, 1.54) is 12.8 Å². The summed E-state index contributed by atoms with van der Waals surface area (Å²) in [4.78, 5) is 23.8. The number of ether oxygens (including phenoxy) is 1. The Bertz CT molecular complexity index is 592. The lowest BCUT2D eigenvalue weighted by atomic mass is 9.49. The van der Waals surface area contributed by atoms with Crippen LogP contribution in [0.25, 0.3) is 0 Å². The lowest BCUT2D eigenvalue weighted by Crippen LogP contribution is -2.51. The van der Waals surface area contributed by atoms with Gasteiger partial charge in [-0.3, -0.25) is 9.59 Å². The predicted molar refractivity (Wildman–Crippen MR) is 87.3 cm³/mol. The van der Waals surface area contributed by atoms with Gasteiger partial charge in [-0.25, -0.2) is 0 Å². The van der Waals surface area contributed by atoms with Crippen molar-refractivity contribution in [2.45, 2.75) is 65.7 Å². The Balaban J connectivity index is 1.67. The standard InChI is InChI=1S/C20H28O3/c1-12(21)14-5-6-15-13-4-7-17-20(3,11-9-18(22)23-17)16(13)8-10-19(14,15)2/h7,13-16H,4-6,8-11H2,1-3H3/t13-,14-,15+,16+,19-,20+/m0/s1. The number of Topliss-reactive ketones (excluding diaryl/α,β-unsaturated/α-hetero) is 1. The first-order valence-electron chi connectivity index (χ1n) is 9.28. The van der Waals surface area contributed by atoms with E-state index in [0.717, 1.165) is 31.4 Å². The summed E-state index contributed by atoms with van der Waals surface area (Å²) in [6.07, 6.45) is 9.29. The van der Waals surface area contributed by atoms with Crippen molar-refractivity contribution in [3.8, 4) is 0 Å². The molecule has 0 aromatic carbocycles. The quantitative estimate of drug-likeness (QED) is 0.679. The summed E-state index contributed by atoms with van der Waals surface area (Å²) in [5.74, 6) is 3.45. The van der Waals surface area contributed by atoms with Crippen LogP contribution < -0.4 is 0 Å². The Morgan fingerprint density at radius 1 is 1.17 bits per heavy atom. The average Bonchev–Trinajstić information content (AvgIpc) is 2.85. The number of allylic oxidation sites excluding steroid dienone is 2. The summed E-state index contributed by atoms with van der Waals surface area (Å²) in [5.41, 5.74) is 0.229. The first kappa shape index (κ1) is 15.4. The summed E-state index contributed by atoms with van der Waals surface area (Å²) in [6.45, 7) is 6.46. The number of esters is 1. The van der Waals surface area contributed by atoms with Gasteiger partial charge in [0, 0.05) is 17.8 Å². The lowest BCUT2D eigenvalue weighted by Gasteiger charge is -2.56. The number of hydrogen-bond donors (Lipinski definition) is 0. The predicted octanol–water partition coefficient (Wildman–Crippen LogP) is 4.27. The zero-order chi connectivity index (χ0) is 16.4. The lowest BCUT2D eigenvalue weighted by molar-refractivity contribution is -0.152. The van der Waals surface area contributed by atoms with E-state index >= 15 is 0 Å². The number of hydrogen-bond acceptors (Lipinski definition) is 3. The molecule has 6 atom stereocenters. The molecule has 1 aliphatic heterocycles. The fourth-order valence-corrected chi connectivity index (χ4v) is 6.74. The van der Waals surface area contributed by atoms with Gasteiger partial charge in [0.15, 0.2) is 0 Å². The maximum absolute atomic E-state index is 12.1. The van der Waals surface area contributed by atoms with E-state index in [4.69, 9.17) is 4.74 Å². The van der Waals surface area contributed by atoms with Crippen LogP contribution in [0.2, 0.25) is 0 Å². The van der Waals surface area contributed by atoms with Crippen LogP contribution >= 0.6 is 0 Å². The van der Waals surface area contributed by atoms with Crippen molar-refractivity contribution in [3.63, 3.8) is 0 Å². The number of rotatable bonds is 1. The third-order valence-electron chi connectivity index (χ3n) is 7.96. The topological polar surface area (TPSA) is 43.4 Å². The Morgan fingerprint density at radius 2 is 1.96 bits per heavy atom. The molecule has 23 heavy (non-hydrogen) atoms. The molecule has 0 unspecified atom stereocenters. The van der Waals surface area contributed by atoms with Crippen LogP contribution in [0, 0.1) is 34.5 Å². The Kier molecular flexibility index (Phi) is 3.31. The minimum absolute atomic E-state index is 0.0342. The number of ketones is 1. The van der Waals surface area contributed by atoms with Crippen molar-refractivity contribution in [1.82, 2.24) is 0 Å². The number of carbonyl (C=O) groups is 2. The molecule has 0 spiro atoms. The monoisotopic (exact) mass is 316 g/mol. The van der Waals surface area contributed by atoms with Crippen LogP contribution in [-0.4, -0.2) is 11.8 Å². The maximum Gasteiger partial charge on any atom is 0.310 e. The average molecular weight is 316 g/mol. The van der Waals surface area contributed by atoms with E-state index < -0.39 is 0 Å². The fourth-order valence-electron chi connectivity index (χ4n) is 6.74. The molecule has 3 heteroatoms. The third-order valence-corrected chi connectivity index (χ3v) is 7.96. The van der Waals surface area contributed by atoms with Crippen molar-refractivity contribution in [2.75, 3.05) is 0 Å². The van der Waals surface area contributed by atoms with Gasteiger partial charge in [-0.05, 0) is 74.7 Å². The minimum Gasteiger partial charge on any atom is -0.431 e. The van der Waals surface area contributed by atoms with Crippen molar-refractivity contribution in [3.05, 3.63) is 11.8 Å². The van der Waals surface area contributed by atoms with Gasteiger partial charge >= 0.3 is 5.97 Å². The van der Waals surface area contributed by atoms with E-state index in [1.807, 2.05) is 0 Å². The fraction of sp³-hybridized carbons (Fsp3) is 0.800. The van der Waals surface area contributed by atoms with Gasteiger partial charge in [0.25, 0.3) is 0 Å². The highest BCUT2D eigenvalue weighted by molar-refractivity contribution is 5.79. The molecular formula is C20H28O3. The second-order valence-corrected chi connectivity index (χ2v) is 8.86. The first-order valence-corrected chi connectivity index (χ1v) is 9.28. The highest BCUT2D eigenvalue weighted by Gasteiger charge is 2.60. The van der Waals surface area contributed by atoms with Crippen LogP contribution in [0.5, 0.6) is 0 Å². The molecule has 1 saturated heterocycles. The molecular weight excluding hydrogens is 288 g/mol. The number of carbonyl (C=O) groups excluding carboxylic acids is 2.